The van der Waals surface area contributed by atoms with Crippen LogP contribution in [0.5, 0.6) is 0 Å². The van der Waals surface area contributed by atoms with E-state index in [0.717, 1.165) is 25.1 Å². The summed E-state index contributed by atoms with van der Waals surface area (Å²) in [4.78, 5) is 2.27. The Hall–Kier alpha value is -1.44. The second-order valence-electron chi connectivity index (χ2n) is 5.10. The Morgan fingerprint density at radius 2 is 2.33 bits per heavy atom. The Morgan fingerprint density at radius 3 is 2.94 bits per heavy atom. The van der Waals surface area contributed by atoms with Crippen molar-refractivity contribution in [2.24, 2.45) is 11.7 Å². The van der Waals surface area contributed by atoms with E-state index in [-0.39, 0.29) is 11.9 Å². The van der Waals surface area contributed by atoms with Crippen LogP contribution < -0.4 is 5.73 Å². The third-order valence-electron chi connectivity index (χ3n) is 3.55. The molecule has 3 nitrogen and oxygen atoms in total. The molecule has 0 amide bonds. The maximum Gasteiger partial charge on any atom is 0.124 e. The summed E-state index contributed by atoms with van der Waals surface area (Å²) >= 11 is 0. The molecule has 0 bridgehead atoms. The Morgan fingerprint density at radius 1 is 1.56 bits per heavy atom. The van der Waals surface area contributed by atoms with Crippen molar-refractivity contribution in [2.45, 2.75) is 25.9 Å². The van der Waals surface area contributed by atoms with E-state index in [1.807, 2.05) is 13.0 Å². The highest BCUT2D eigenvalue weighted by atomic mass is 19.1. The number of likely N-dealkylation sites (tertiary alicyclic amines) is 1. The average molecular weight is 247 g/mol. The van der Waals surface area contributed by atoms with Crippen LogP contribution in [0.2, 0.25) is 0 Å². The van der Waals surface area contributed by atoms with Crippen LogP contribution in [0.15, 0.2) is 18.2 Å². The first-order valence-electron chi connectivity index (χ1n) is 6.26. The van der Waals surface area contributed by atoms with Crippen molar-refractivity contribution in [2.75, 3.05) is 13.1 Å². The second kappa shape index (κ2) is 5.47. The van der Waals surface area contributed by atoms with Crippen molar-refractivity contribution >= 4 is 0 Å². The van der Waals surface area contributed by atoms with Gasteiger partial charge in [0.1, 0.15) is 5.82 Å². The fourth-order valence-corrected chi connectivity index (χ4v) is 2.50. The number of nitrogens with zero attached hydrogens (tertiary/aromatic N) is 2. The van der Waals surface area contributed by atoms with Gasteiger partial charge in [-0.2, -0.15) is 5.26 Å². The summed E-state index contributed by atoms with van der Waals surface area (Å²) < 4.78 is 13.3. The highest BCUT2D eigenvalue weighted by molar-refractivity contribution is 5.33. The molecule has 1 aromatic rings. The van der Waals surface area contributed by atoms with Gasteiger partial charge in [0.15, 0.2) is 0 Å². The smallest absolute Gasteiger partial charge is 0.124 e. The summed E-state index contributed by atoms with van der Waals surface area (Å²) in [5.74, 6) is 0.181. The molecule has 2 rings (SSSR count). The first-order valence-corrected chi connectivity index (χ1v) is 6.26. The van der Waals surface area contributed by atoms with Crippen molar-refractivity contribution in [1.29, 1.82) is 5.26 Å². The number of benzene rings is 1. The summed E-state index contributed by atoms with van der Waals surface area (Å²) in [6, 6.07) is 6.70. The molecule has 0 saturated carbocycles. The lowest BCUT2D eigenvalue weighted by molar-refractivity contribution is 0.308. The first-order chi connectivity index (χ1) is 8.58. The zero-order valence-electron chi connectivity index (χ0n) is 10.6. The monoisotopic (exact) mass is 247 g/mol. The second-order valence-corrected chi connectivity index (χ2v) is 5.10. The SMILES string of the molecule is CC(N)C1CCN(Cc2cc(F)cc(C#N)c2)C1. The summed E-state index contributed by atoms with van der Waals surface area (Å²) in [6.45, 7) is 4.67. The minimum absolute atomic E-state index is 0.206. The van der Waals surface area contributed by atoms with E-state index in [4.69, 9.17) is 11.0 Å². The number of halogens is 1. The fourth-order valence-electron chi connectivity index (χ4n) is 2.50. The molecule has 18 heavy (non-hydrogen) atoms. The van der Waals surface area contributed by atoms with Crippen LogP contribution in [0.25, 0.3) is 0 Å². The highest BCUT2D eigenvalue weighted by Crippen LogP contribution is 2.21. The average Bonchev–Trinajstić information content (AvgIpc) is 2.76. The normalized spacial score (nSPS) is 21.8. The molecule has 1 aliphatic rings. The molecule has 1 heterocycles. The topological polar surface area (TPSA) is 53.0 Å². The van der Waals surface area contributed by atoms with Gasteiger partial charge in [0, 0.05) is 19.1 Å². The molecule has 0 aliphatic carbocycles. The van der Waals surface area contributed by atoms with E-state index in [0.29, 0.717) is 18.0 Å². The van der Waals surface area contributed by atoms with E-state index in [9.17, 15) is 4.39 Å². The van der Waals surface area contributed by atoms with Crippen molar-refractivity contribution in [1.82, 2.24) is 4.90 Å². The molecule has 96 valence electrons. The third kappa shape index (κ3) is 3.06. The predicted molar refractivity (Wildman–Crippen MR) is 68.1 cm³/mol. The molecule has 4 heteroatoms. The summed E-state index contributed by atoms with van der Waals surface area (Å²) in [5, 5.41) is 8.82. The van der Waals surface area contributed by atoms with Crippen LogP contribution in [0, 0.1) is 23.1 Å². The maximum atomic E-state index is 13.3. The zero-order valence-corrected chi connectivity index (χ0v) is 10.6. The van der Waals surface area contributed by atoms with Crippen LogP contribution in [0.3, 0.4) is 0 Å². The van der Waals surface area contributed by atoms with E-state index >= 15 is 0 Å². The van der Waals surface area contributed by atoms with Gasteiger partial charge in [0.25, 0.3) is 0 Å². The number of hydrogen-bond donors (Lipinski definition) is 1. The van der Waals surface area contributed by atoms with E-state index in [1.54, 1.807) is 6.07 Å². The Kier molecular flexibility index (Phi) is 3.95. The van der Waals surface area contributed by atoms with E-state index in [1.165, 1.54) is 12.1 Å². The quantitative estimate of drug-likeness (QED) is 0.887. The van der Waals surface area contributed by atoms with Gasteiger partial charge in [0.05, 0.1) is 11.6 Å². The highest BCUT2D eigenvalue weighted by Gasteiger charge is 2.25. The van der Waals surface area contributed by atoms with E-state index < -0.39 is 0 Å². The van der Waals surface area contributed by atoms with Gasteiger partial charge >= 0.3 is 0 Å². The Labute approximate surface area is 107 Å². The molecule has 2 atom stereocenters. The molecule has 1 aliphatic heterocycles. The first kappa shape index (κ1) is 13.0. The largest absolute Gasteiger partial charge is 0.328 e. The number of nitriles is 1. The molecular weight excluding hydrogens is 229 g/mol. The molecular formula is C14H18FN3. The van der Waals surface area contributed by atoms with Gasteiger partial charge in [-0.3, -0.25) is 4.90 Å². The zero-order chi connectivity index (χ0) is 13.1. The minimum atomic E-state index is -0.341. The number of hydrogen-bond acceptors (Lipinski definition) is 3. The summed E-state index contributed by atoms with van der Waals surface area (Å²) in [6.07, 6.45) is 1.10. The molecule has 1 aromatic carbocycles. The Bertz CT molecular complexity index is 465. The third-order valence-corrected chi connectivity index (χ3v) is 3.55. The number of nitrogens with two attached hydrogens (primary N) is 1. The Balaban J connectivity index is 2.03. The standard InChI is InChI=1S/C14H18FN3/c1-10(17)13-2-3-18(9-13)8-12-4-11(7-16)5-14(15)6-12/h4-6,10,13H,2-3,8-9,17H2,1H3. The van der Waals surface area contributed by atoms with Crippen LogP contribution in [0.1, 0.15) is 24.5 Å². The van der Waals surface area contributed by atoms with Gasteiger partial charge in [-0.1, -0.05) is 0 Å². The number of rotatable bonds is 3. The van der Waals surface area contributed by atoms with Gasteiger partial charge in [-0.05, 0) is 49.6 Å². The lowest BCUT2D eigenvalue weighted by atomic mass is 10.0. The van der Waals surface area contributed by atoms with Crippen molar-refractivity contribution in [3.8, 4) is 6.07 Å². The molecule has 2 unspecified atom stereocenters. The van der Waals surface area contributed by atoms with Crippen LogP contribution >= 0.6 is 0 Å². The van der Waals surface area contributed by atoms with Crippen molar-refractivity contribution in [3.05, 3.63) is 35.1 Å². The molecule has 2 N–H and O–H groups in total. The summed E-state index contributed by atoms with van der Waals surface area (Å²) in [5.41, 5.74) is 7.13. The van der Waals surface area contributed by atoms with Crippen LogP contribution in [0.4, 0.5) is 4.39 Å². The summed E-state index contributed by atoms with van der Waals surface area (Å²) in [7, 11) is 0. The van der Waals surface area contributed by atoms with Gasteiger partial charge < -0.3 is 5.73 Å². The van der Waals surface area contributed by atoms with Gasteiger partial charge in [0.2, 0.25) is 0 Å². The lowest BCUT2D eigenvalue weighted by Gasteiger charge is -2.18. The van der Waals surface area contributed by atoms with Crippen molar-refractivity contribution in [3.63, 3.8) is 0 Å². The van der Waals surface area contributed by atoms with Crippen molar-refractivity contribution < 1.29 is 4.39 Å². The molecule has 1 fully saturated rings. The molecule has 0 spiro atoms. The predicted octanol–water partition coefficient (Wildman–Crippen LogP) is 1.87. The van der Waals surface area contributed by atoms with Gasteiger partial charge in [-0.25, -0.2) is 4.39 Å². The van der Waals surface area contributed by atoms with Crippen LogP contribution in [-0.2, 0) is 6.54 Å². The van der Waals surface area contributed by atoms with Gasteiger partial charge in [-0.15, -0.1) is 0 Å². The maximum absolute atomic E-state index is 13.3. The molecule has 0 radical (unpaired) electrons. The lowest BCUT2D eigenvalue weighted by Crippen LogP contribution is -2.29. The fraction of sp³-hybridized carbons (Fsp3) is 0.500. The molecule has 0 aromatic heterocycles. The minimum Gasteiger partial charge on any atom is -0.328 e. The molecule has 1 saturated heterocycles. The van der Waals surface area contributed by atoms with E-state index in [2.05, 4.69) is 4.90 Å². The van der Waals surface area contributed by atoms with Crippen LogP contribution in [-0.4, -0.2) is 24.0 Å².